The Morgan fingerprint density at radius 2 is 1.89 bits per heavy atom. The molecule has 0 atom stereocenters. The summed E-state index contributed by atoms with van der Waals surface area (Å²) in [6.07, 6.45) is 2.60. The molecule has 2 aromatic rings. The lowest BCUT2D eigenvalue weighted by Gasteiger charge is -2.25. The second-order valence-electron chi connectivity index (χ2n) is 5.48. The van der Waals surface area contributed by atoms with E-state index in [-0.39, 0.29) is 0 Å². The number of nitrogens with one attached hydrogen (secondary N) is 1. The van der Waals surface area contributed by atoms with Gasteiger partial charge in [0.1, 0.15) is 0 Å². The SMILES string of the molecule is CC1CC[NH+](Cc2nnc(-c3ccccc3)o2)CC1. The van der Waals surface area contributed by atoms with Crippen LogP contribution in [0.2, 0.25) is 0 Å². The van der Waals surface area contributed by atoms with Crippen LogP contribution in [0.3, 0.4) is 0 Å². The summed E-state index contributed by atoms with van der Waals surface area (Å²) in [7, 11) is 0. The van der Waals surface area contributed by atoms with Crippen molar-refractivity contribution in [2.75, 3.05) is 13.1 Å². The van der Waals surface area contributed by atoms with Crippen molar-refractivity contribution in [1.29, 1.82) is 0 Å². The molecular formula is C15H20N3O+. The van der Waals surface area contributed by atoms with Crippen molar-refractivity contribution in [1.82, 2.24) is 10.2 Å². The zero-order chi connectivity index (χ0) is 13.1. The lowest BCUT2D eigenvalue weighted by atomic mass is 9.99. The topological polar surface area (TPSA) is 43.4 Å². The normalized spacial score (nSPS) is 23.4. The number of hydrogen-bond donors (Lipinski definition) is 1. The van der Waals surface area contributed by atoms with Crippen molar-refractivity contribution >= 4 is 0 Å². The van der Waals surface area contributed by atoms with Gasteiger partial charge in [-0.1, -0.05) is 25.1 Å². The van der Waals surface area contributed by atoms with Crippen LogP contribution < -0.4 is 4.90 Å². The van der Waals surface area contributed by atoms with Gasteiger partial charge in [0.05, 0.1) is 13.1 Å². The number of likely N-dealkylation sites (tertiary alicyclic amines) is 1. The molecule has 19 heavy (non-hydrogen) atoms. The largest absolute Gasteiger partial charge is 0.415 e. The molecule has 100 valence electrons. The summed E-state index contributed by atoms with van der Waals surface area (Å²) in [6.45, 7) is 5.61. The van der Waals surface area contributed by atoms with Gasteiger partial charge in [0, 0.05) is 5.56 Å². The molecule has 1 aliphatic rings. The Morgan fingerprint density at radius 1 is 1.16 bits per heavy atom. The first-order chi connectivity index (χ1) is 9.31. The van der Waals surface area contributed by atoms with Crippen LogP contribution in [0.25, 0.3) is 11.5 Å². The molecule has 0 aliphatic carbocycles. The average Bonchev–Trinajstić information content (AvgIpc) is 2.91. The van der Waals surface area contributed by atoms with E-state index in [1.807, 2.05) is 30.3 Å². The quantitative estimate of drug-likeness (QED) is 0.908. The van der Waals surface area contributed by atoms with Crippen molar-refractivity contribution in [2.24, 2.45) is 5.92 Å². The highest BCUT2D eigenvalue weighted by atomic mass is 16.4. The fraction of sp³-hybridized carbons (Fsp3) is 0.467. The van der Waals surface area contributed by atoms with Crippen LogP contribution in [0.1, 0.15) is 25.7 Å². The van der Waals surface area contributed by atoms with Crippen LogP contribution in [0, 0.1) is 5.92 Å². The van der Waals surface area contributed by atoms with Crippen molar-refractivity contribution < 1.29 is 9.32 Å². The highest BCUT2D eigenvalue weighted by molar-refractivity contribution is 5.51. The summed E-state index contributed by atoms with van der Waals surface area (Å²) in [5.74, 6) is 2.25. The van der Waals surface area contributed by atoms with Gasteiger partial charge in [0.2, 0.25) is 5.89 Å². The van der Waals surface area contributed by atoms with Gasteiger partial charge >= 0.3 is 0 Å². The van der Waals surface area contributed by atoms with Gasteiger partial charge in [-0.3, -0.25) is 0 Å². The summed E-state index contributed by atoms with van der Waals surface area (Å²) in [4.78, 5) is 1.56. The smallest absolute Gasteiger partial charge is 0.271 e. The van der Waals surface area contributed by atoms with Gasteiger partial charge in [0.25, 0.3) is 5.89 Å². The lowest BCUT2D eigenvalue weighted by Crippen LogP contribution is -3.11. The van der Waals surface area contributed by atoms with Crippen LogP contribution in [0.15, 0.2) is 34.7 Å². The average molecular weight is 258 g/mol. The number of piperidine rings is 1. The molecule has 0 saturated carbocycles. The minimum atomic E-state index is 0.625. The molecule has 0 spiro atoms. The maximum Gasteiger partial charge on any atom is 0.271 e. The standard InChI is InChI=1S/C15H19N3O/c1-12-7-9-18(10-8-12)11-14-16-17-15(19-14)13-5-3-2-4-6-13/h2-6,12H,7-11H2,1H3/p+1. The van der Waals surface area contributed by atoms with Gasteiger partial charge < -0.3 is 9.32 Å². The minimum Gasteiger partial charge on any atom is -0.415 e. The Bertz CT molecular complexity index is 515. The summed E-state index contributed by atoms with van der Waals surface area (Å²) in [5, 5.41) is 8.31. The number of quaternary nitrogens is 1. The van der Waals surface area contributed by atoms with Crippen LogP contribution >= 0.6 is 0 Å². The van der Waals surface area contributed by atoms with E-state index in [0.717, 1.165) is 23.9 Å². The van der Waals surface area contributed by atoms with Crippen LogP contribution in [0.5, 0.6) is 0 Å². The number of hydrogen-bond acceptors (Lipinski definition) is 3. The third kappa shape index (κ3) is 3.01. The number of rotatable bonds is 3. The molecule has 0 radical (unpaired) electrons. The Labute approximate surface area is 113 Å². The first-order valence-electron chi connectivity index (χ1n) is 7.02. The minimum absolute atomic E-state index is 0.625. The van der Waals surface area contributed by atoms with E-state index in [9.17, 15) is 0 Å². The highest BCUT2D eigenvalue weighted by Crippen LogP contribution is 2.16. The zero-order valence-corrected chi connectivity index (χ0v) is 11.3. The second kappa shape index (κ2) is 5.53. The Balaban J connectivity index is 1.65. The second-order valence-corrected chi connectivity index (χ2v) is 5.48. The number of benzene rings is 1. The Morgan fingerprint density at radius 3 is 2.63 bits per heavy atom. The molecule has 0 bridgehead atoms. The third-order valence-corrected chi connectivity index (χ3v) is 3.87. The molecule has 0 amide bonds. The molecule has 0 unspecified atom stereocenters. The Hall–Kier alpha value is -1.68. The summed E-state index contributed by atoms with van der Waals surface area (Å²) < 4.78 is 5.76. The van der Waals surface area contributed by atoms with Gasteiger partial charge in [-0.2, -0.15) is 0 Å². The van der Waals surface area contributed by atoms with Gasteiger partial charge in [-0.15, -0.1) is 10.2 Å². The monoisotopic (exact) mass is 258 g/mol. The first-order valence-corrected chi connectivity index (χ1v) is 7.02. The molecule has 3 rings (SSSR count). The van der Waals surface area contributed by atoms with Gasteiger partial charge in [-0.25, -0.2) is 0 Å². The zero-order valence-electron chi connectivity index (χ0n) is 11.3. The summed E-state index contributed by atoms with van der Waals surface area (Å²) in [5.41, 5.74) is 0.989. The Kier molecular flexibility index (Phi) is 3.60. The van der Waals surface area contributed by atoms with Crippen LogP contribution in [-0.2, 0) is 6.54 Å². The van der Waals surface area contributed by atoms with E-state index in [1.165, 1.54) is 25.9 Å². The van der Waals surface area contributed by atoms with E-state index < -0.39 is 0 Å². The molecule has 2 heterocycles. The predicted molar refractivity (Wildman–Crippen MR) is 72.5 cm³/mol. The fourth-order valence-electron chi connectivity index (χ4n) is 2.58. The number of aromatic nitrogens is 2. The van der Waals surface area contributed by atoms with E-state index >= 15 is 0 Å². The van der Waals surface area contributed by atoms with E-state index in [2.05, 4.69) is 17.1 Å². The third-order valence-electron chi connectivity index (χ3n) is 3.87. The maximum absolute atomic E-state index is 5.76. The molecule has 1 N–H and O–H groups in total. The van der Waals surface area contributed by atoms with Crippen LogP contribution in [0.4, 0.5) is 0 Å². The van der Waals surface area contributed by atoms with Crippen molar-refractivity contribution in [3.63, 3.8) is 0 Å². The van der Waals surface area contributed by atoms with E-state index in [4.69, 9.17) is 4.42 Å². The number of nitrogens with zero attached hydrogens (tertiary/aromatic N) is 2. The van der Waals surface area contributed by atoms with Crippen molar-refractivity contribution in [3.05, 3.63) is 36.2 Å². The van der Waals surface area contributed by atoms with E-state index in [1.54, 1.807) is 4.90 Å². The first kappa shape index (κ1) is 12.4. The molecule has 4 heteroatoms. The molecule has 1 aromatic heterocycles. The summed E-state index contributed by atoms with van der Waals surface area (Å²) >= 11 is 0. The van der Waals surface area contributed by atoms with Gasteiger partial charge in [-0.05, 0) is 30.9 Å². The molecule has 1 saturated heterocycles. The van der Waals surface area contributed by atoms with Crippen LogP contribution in [-0.4, -0.2) is 23.3 Å². The van der Waals surface area contributed by atoms with Gasteiger partial charge in [0.15, 0.2) is 6.54 Å². The highest BCUT2D eigenvalue weighted by Gasteiger charge is 2.21. The molecule has 4 nitrogen and oxygen atoms in total. The van der Waals surface area contributed by atoms with Crippen molar-refractivity contribution in [2.45, 2.75) is 26.3 Å². The van der Waals surface area contributed by atoms with Crippen molar-refractivity contribution in [3.8, 4) is 11.5 Å². The fourth-order valence-corrected chi connectivity index (χ4v) is 2.58. The molecule has 1 aliphatic heterocycles. The predicted octanol–water partition coefficient (Wildman–Crippen LogP) is 1.55. The molecular weight excluding hydrogens is 238 g/mol. The molecule has 1 aromatic carbocycles. The lowest BCUT2D eigenvalue weighted by molar-refractivity contribution is -0.921. The molecule has 1 fully saturated rings. The maximum atomic E-state index is 5.76. The summed E-state index contributed by atoms with van der Waals surface area (Å²) in [6, 6.07) is 9.94. The van der Waals surface area contributed by atoms with E-state index in [0.29, 0.717) is 5.89 Å².